The van der Waals surface area contributed by atoms with E-state index in [1.54, 1.807) is 19.4 Å². The first-order valence-electron chi connectivity index (χ1n) is 9.65. The first kappa shape index (κ1) is 18.8. The van der Waals surface area contributed by atoms with Crippen molar-refractivity contribution in [1.29, 1.82) is 0 Å². The van der Waals surface area contributed by atoms with Gasteiger partial charge in [0.2, 0.25) is 0 Å². The highest BCUT2D eigenvalue weighted by molar-refractivity contribution is 5.97. The summed E-state index contributed by atoms with van der Waals surface area (Å²) in [6, 6.07) is 30.2. The van der Waals surface area contributed by atoms with Gasteiger partial charge in [-0.25, -0.2) is 4.98 Å². The monoisotopic (exact) mass is 381 g/mol. The molecule has 0 aliphatic heterocycles. The zero-order valence-electron chi connectivity index (χ0n) is 16.3. The number of nitrogens with two attached hydrogens (primary N) is 1. The zero-order valence-corrected chi connectivity index (χ0v) is 16.3. The molecule has 4 aromatic rings. The first-order valence-corrected chi connectivity index (χ1v) is 9.65. The maximum atomic E-state index is 12.5. The van der Waals surface area contributed by atoms with Crippen molar-refractivity contribution in [3.8, 4) is 0 Å². The summed E-state index contributed by atoms with van der Waals surface area (Å²) in [4.78, 5) is 16.9. The molecule has 0 radical (unpaired) electrons. The first-order chi connectivity index (χ1) is 14.1. The number of carbonyl (C=O) groups is 1. The Kier molecular flexibility index (Phi) is 5.10. The fourth-order valence-electron chi connectivity index (χ4n) is 3.85. The van der Waals surface area contributed by atoms with Crippen molar-refractivity contribution in [3.05, 3.63) is 126 Å². The minimum Gasteiger partial charge on any atom is -0.321 e. The average Bonchev–Trinajstić information content (AvgIpc) is 3.26. The molecule has 4 rings (SSSR count). The highest BCUT2D eigenvalue weighted by Crippen LogP contribution is 2.40. The van der Waals surface area contributed by atoms with Crippen LogP contribution in [0.3, 0.4) is 0 Å². The number of imidazole rings is 1. The molecular weight excluding hydrogens is 358 g/mol. The topological polar surface area (TPSA) is 60.9 Å². The number of benzene rings is 3. The molecule has 4 heteroatoms. The molecule has 0 spiro atoms. The summed E-state index contributed by atoms with van der Waals surface area (Å²) in [5.74, 6) is -0.174. The minimum absolute atomic E-state index is 0.174. The third-order valence-corrected chi connectivity index (χ3v) is 5.21. The van der Waals surface area contributed by atoms with E-state index in [4.69, 9.17) is 5.73 Å². The molecule has 29 heavy (non-hydrogen) atoms. The molecule has 0 unspecified atom stereocenters. The molecule has 2 N–H and O–H groups in total. The number of carbonyl (C=O) groups excluding carboxylic acids is 1. The number of hydrogen-bond donors (Lipinski definition) is 1. The van der Waals surface area contributed by atoms with Gasteiger partial charge in [0.05, 0.1) is 12.4 Å². The standard InChI is InChI=1S/C25H23N3O/c1-19(26)24(29)23-17-28(18-27-23)25(20-11-5-2-6-12-20,21-13-7-3-8-14-21)22-15-9-4-10-16-22/h2-19H,26H2,1H3/t19-/m0/s1. The number of ketones is 1. The van der Waals surface area contributed by atoms with Crippen molar-refractivity contribution < 1.29 is 4.79 Å². The van der Waals surface area contributed by atoms with Crippen LogP contribution < -0.4 is 5.73 Å². The molecule has 144 valence electrons. The molecule has 1 aromatic heterocycles. The minimum atomic E-state index is -0.673. The summed E-state index contributed by atoms with van der Waals surface area (Å²) < 4.78 is 2.02. The molecule has 0 fully saturated rings. The molecular formula is C25H23N3O. The van der Waals surface area contributed by atoms with Crippen LogP contribution in [0.2, 0.25) is 0 Å². The largest absolute Gasteiger partial charge is 0.321 e. The molecule has 0 aliphatic rings. The molecule has 0 bridgehead atoms. The summed E-state index contributed by atoms with van der Waals surface area (Å²) in [7, 11) is 0. The SMILES string of the molecule is C[C@H](N)C(=O)c1cn(C(c2ccccc2)(c2ccccc2)c2ccccc2)cn1. The Labute approximate surface area is 170 Å². The van der Waals surface area contributed by atoms with Crippen molar-refractivity contribution in [3.63, 3.8) is 0 Å². The zero-order chi connectivity index (χ0) is 20.3. The highest BCUT2D eigenvalue weighted by atomic mass is 16.1. The van der Waals surface area contributed by atoms with Gasteiger partial charge in [-0.2, -0.15) is 0 Å². The van der Waals surface area contributed by atoms with E-state index >= 15 is 0 Å². The Morgan fingerprint density at radius 3 is 1.62 bits per heavy atom. The smallest absolute Gasteiger partial charge is 0.199 e. The Bertz CT molecular complexity index is 990. The van der Waals surface area contributed by atoms with E-state index in [2.05, 4.69) is 41.4 Å². The maximum Gasteiger partial charge on any atom is 0.199 e. The highest BCUT2D eigenvalue weighted by Gasteiger charge is 2.38. The second-order valence-corrected chi connectivity index (χ2v) is 7.13. The summed E-state index contributed by atoms with van der Waals surface area (Å²) in [6.45, 7) is 1.68. The van der Waals surface area contributed by atoms with Crippen LogP contribution >= 0.6 is 0 Å². The van der Waals surface area contributed by atoms with Crippen molar-refractivity contribution in [2.24, 2.45) is 5.73 Å². The Balaban J connectivity index is 2.05. The molecule has 0 aliphatic carbocycles. The number of rotatable bonds is 6. The van der Waals surface area contributed by atoms with Gasteiger partial charge in [0.25, 0.3) is 0 Å². The van der Waals surface area contributed by atoms with Crippen LogP contribution in [0.1, 0.15) is 34.1 Å². The summed E-state index contributed by atoms with van der Waals surface area (Å²) >= 11 is 0. The van der Waals surface area contributed by atoms with Gasteiger partial charge >= 0.3 is 0 Å². The van der Waals surface area contributed by atoms with Crippen LogP contribution in [-0.2, 0) is 5.54 Å². The molecule has 1 heterocycles. The van der Waals surface area contributed by atoms with E-state index in [1.807, 2.05) is 59.2 Å². The average molecular weight is 381 g/mol. The van der Waals surface area contributed by atoms with Gasteiger partial charge in [-0.3, -0.25) is 4.79 Å². The quantitative estimate of drug-likeness (QED) is 0.401. The number of hydrogen-bond acceptors (Lipinski definition) is 3. The molecule has 0 amide bonds. The fraction of sp³-hybridized carbons (Fsp3) is 0.120. The van der Waals surface area contributed by atoms with Gasteiger partial charge < -0.3 is 10.3 Å². The fourth-order valence-corrected chi connectivity index (χ4v) is 3.85. The Morgan fingerprint density at radius 2 is 1.24 bits per heavy atom. The lowest BCUT2D eigenvalue weighted by Gasteiger charge is -2.37. The summed E-state index contributed by atoms with van der Waals surface area (Å²) in [6.07, 6.45) is 3.53. The third kappa shape index (κ3) is 3.28. The molecule has 3 aromatic carbocycles. The lowest BCUT2D eigenvalue weighted by molar-refractivity contribution is 0.0963. The van der Waals surface area contributed by atoms with Gasteiger partial charge in [0.15, 0.2) is 5.78 Å². The molecule has 1 atom stereocenters. The van der Waals surface area contributed by atoms with E-state index in [0.29, 0.717) is 5.69 Å². The van der Waals surface area contributed by atoms with Gasteiger partial charge in [0, 0.05) is 6.20 Å². The van der Waals surface area contributed by atoms with E-state index in [9.17, 15) is 4.79 Å². The molecule has 0 saturated heterocycles. The summed E-state index contributed by atoms with van der Waals surface area (Å²) in [5.41, 5.74) is 8.75. The third-order valence-electron chi connectivity index (χ3n) is 5.21. The second-order valence-electron chi connectivity index (χ2n) is 7.13. The number of nitrogens with zero attached hydrogens (tertiary/aromatic N) is 2. The van der Waals surface area contributed by atoms with Crippen molar-refractivity contribution >= 4 is 5.78 Å². The molecule has 0 saturated carbocycles. The van der Waals surface area contributed by atoms with Crippen molar-refractivity contribution in [2.75, 3.05) is 0 Å². The van der Waals surface area contributed by atoms with Crippen molar-refractivity contribution in [2.45, 2.75) is 18.5 Å². The predicted octanol–water partition coefficient (Wildman–Crippen LogP) is 4.25. The van der Waals surface area contributed by atoms with Gasteiger partial charge in [-0.1, -0.05) is 91.0 Å². The predicted molar refractivity (Wildman–Crippen MR) is 115 cm³/mol. The normalized spacial score (nSPS) is 12.5. The van der Waals surface area contributed by atoms with E-state index in [0.717, 1.165) is 16.7 Å². The number of aromatic nitrogens is 2. The van der Waals surface area contributed by atoms with Crippen LogP contribution in [0, 0.1) is 0 Å². The summed E-state index contributed by atoms with van der Waals surface area (Å²) in [5, 5.41) is 0. The lowest BCUT2D eigenvalue weighted by atomic mass is 9.77. The van der Waals surface area contributed by atoms with Gasteiger partial charge in [-0.15, -0.1) is 0 Å². The lowest BCUT2D eigenvalue weighted by Crippen LogP contribution is -2.37. The van der Waals surface area contributed by atoms with Crippen LogP contribution in [0.5, 0.6) is 0 Å². The van der Waals surface area contributed by atoms with E-state index in [-0.39, 0.29) is 5.78 Å². The molecule has 4 nitrogen and oxygen atoms in total. The number of Topliss-reactive ketones (excluding diaryl/α,β-unsaturated/α-hetero) is 1. The van der Waals surface area contributed by atoms with E-state index < -0.39 is 11.6 Å². The van der Waals surface area contributed by atoms with Crippen LogP contribution in [0.15, 0.2) is 104 Å². The second kappa shape index (κ2) is 7.86. The van der Waals surface area contributed by atoms with Gasteiger partial charge in [0.1, 0.15) is 11.2 Å². The van der Waals surface area contributed by atoms with Crippen molar-refractivity contribution in [1.82, 2.24) is 9.55 Å². The Hall–Kier alpha value is -3.50. The van der Waals surface area contributed by atoms with E-state index in [1.165, 1.54) is 0 Å². The Morgan fingerprint density at radius 1 is 0.828 bits per heavy atom. The maximum absolute atomic E-state index is 12.5. The van der Waals surface area contributed by atoms with Crippen LogP contribution in [0.4, 0.5) is 0 Å². The van der Waals surface area contributed by atoms with Crippen LogP contribution in [-0.4, -0.2) is 21.4 Å². The van der Waals surface area contributed by atoms with Gasteiger partial charge in [-0.05, 0) is 23.6 Å². The van der Waals surface area contributed by atoms with Crippen LogP contribution in [0.25, 0.3) is 0 Å².